The molecule has 0 aliphatic heterocycles. The normalized spacial score (nSPS) is 17.9. The van der Waals surface area contributed by atoms with Crippen molar-refractivity contribution in [2.45, 2.75) is 58.4 Å². The zero-order valence-corrected chi connectivity index (χ0v) is 16.6. The number of ether oxygens (including phenoxy) is 1. The molecule has 0 saturated heterocycles. The zero-order valence-electron chi connectivity index (χ0n) is 16.6. The Morgan fingerprint density at radius 1 is 1.44 bits per heavy atom. The maximum atomic E-state index is 12.5. The van der Waals surface area contributed by atoms with Crippen LogP contribution < -0.4 is 11.2 Å². The Labute approximate surface area is 160 Å². The first-order valence-electron chi connectivity index (χ1n) is 9.43. The van der Waals surface area contributed by atoms with Crippen LogP contribution in [0, 0.1) is 10.3 Å². The average Bonchev–Trinajstić information content (AvgIpc) is 3.07. The van der Waals surface area contributed by atoms with Crippen LogP contribution in [0.4, 0.5) is 0 Å². The zero-order chi connectivity index (χ0) is 20.0. The van der Waals surface area contributed by atoms with Crippen LogP contribution in [0.15, 0.2) is 28.5 Å². The maximum Gasteiger partial charge on any atom is 0.311 e. The van der Waals surface area contributed by atoms with E-state index in [1.807, 2.05) is 39.0 Å². The Morgan fingerprint density at radius 2 is 2.19 bits per heavy atom. The monoisotopic (exact) mass is 374 g/mol. The summed E-state index contributed by atoms with van der Waals surface area (Å²) in [6, 6.07) is 5.81. The third kappa shape index (κ3) is 4.64. The molecule has 0 fully saturated rings. The summed E-state index contributed by atoms with van der Waals surface area (Å²) in [5.41, 5.74) is 11.2. The molecule has 0 bridgehead atoms. The maximum absolute atomic E-state index is 12.5. The first-order chi connectivity index (χ1) is 12.8. The first-order valence-corrected chi connectivity index (χ1v) is 9.43. The summed E-state index contributed by atoms with van der Waals surface area (Å²) in [5, 5.41) is 7.37. The van der Waals surface area contributed by atoms with Crippen LogP contribution in [0.2, 0.25) is 0 Å². The van der Waals surface area contributed by atoms with Crippen molar-refractivity contribution in [2.75, 3.05) is 13.7 Å². The minimum atomic E-state index is -0.746. The highest BCUT2D eigenvalue weighted by molar-refractivity contribution is 5.81. The second-order valence-electron chi connectivity index (χ2n) is 7.54. The number of fused-ring (bicyclic) bond motifs is 1. The Bertz CT molecular complexity index is 715. The molecule has 0 amide bonds. The molecule has 1 aliphatic carbocycles. The second-order valence-corrected chi connectivity index (χ2v) is 7.54. The van der Waals surface area contributed by atoms with Gasteiger partial charge in [0.05, 0.1) is 12.5 Å². The topological polar surface area (TPSA) is 106 Å². The molecule has 3 N–H and O–H groups in total. The number of nitrogens with one attached hydrogen (secondary N) is 1. The molecule has 7 heteroatoms. The standard InChI is InChI=1S/C20H30N4O3/c1-5-22-23-18(21)11-9-16(20(2,3)19(25)27-4)14-7-6-13-8-10-17(24-26)15(13)12-14/h6-7,12,16-17,22H,5,8-11H2,1-4H3,(H2,21,23). The molecule has 1 aliphatic rings. The van der Waals surface area contributed by atoms with Crippen LogP contribution in [-0.2, 0) is 16.0 Å². The van der Waals surface area contributed by atoms with E-state index in [4.69, 9.17) is 10.5 Å². The summed E-state index contributed by atoms with van der Waals surface area (Å²) in [6.07, 6.45) is 2.79. The number of carbonyl (C=O) groups excluding carboxylic acids is 1. The van der Waals surface area contributed by atoms with Gasteiger partial charge in [-0.1, -0.05) is 23.4 Å². The summed E-state index contributed by atoms with van der Waals surface area (Å²) in [7, 11) is 1.40. The van der Waals surface area contributed by atoms with E-state index in [9.17, 15) is 9.70 Å². The summed E-state index contributed by atoms with van der Waals surface area (Å²) >= 11 is 0. The van der Waals surface area contributed by atoms with Gasteiger partial charge in [-0.05, 0) is 62.6 Å². The van der Waals surface area contributed by atoms with Gasteiger partial charge in [0.1, 0.15) is 11.9 Å². The van der Waals surface area contributed by atoms with Crippen LogP contribution in [0.1, 0.15) is 68.7 Å². The molecular formula is C20H30N4O3. The van der Waals surface area contributed by atoms with Gasteiger partial charge in [-0.2, -0.15) is 10.0 Å². The molecular weight excluding hydrogens is 344 g/mol. The number of hydrazone groups is 1. The van der Waals surface area contributed by atoms with Crippen molar-refractivity contribution in [1.29, 1.82) is 0 Å². The molecule has 0 radical (unpaired) electrons. The summed E-state index contributed by atoms with van der Waals surface area (Å²) in [5.74, 6) is 0.0925. The number of hydrogen-bond acceptors (Lipinski definition) is 6. The molecule has 27 heavy (non-hydrogen) atoms. The van der Waals surface area contributed by atoms with Crippen LogP contribution >= 0.6 is 0 Å². The van der Waals surface area contributed by atoms with E-state index in [-0.39, 0.29) is 17.9 Å². The fourth-order valence-corrected chi connectivity index (χ4v) is 3.80. The Morgan fingerprint density at radius 3 is 2.81 bits per heavy atom. The highest BCUT2D eigenvalue weighted by Crippen LogP contribution is 2.43. The lowest BCUT2D eigenvalue weighted by Crippen LogP contribution is -2.33. The van der Waals surface area contributed by atoms with Gasteiger partial charge in [0.25, 0.3) is 0 Å². The summed E-state index contributed by atoms with van der Waals surface area (Å²) < 4.78 is 5.04. The number of aryl methyl sites for hydroxylation is 1. The van der Waals surface area contributed by atoms with Crippen molar-refractivity contribution in [3.8, 4) is 0 Å². The smallest absolute Gasteiger partial charge is 0.311 e. The molecule has 0 spiro atoms. The van der Waals surface area contributed by atoms with E-state index in [0.29, 0.717) is 25.2 Å². The molecule has 7 nitrogen and oxygen atoms in total. The van der Waals surface area contributed by atoms with Gasteiger partial charge in [0.2, 0.25) is 0 Å². The van der Waals surface area contributed by atoms with Crippen LogP contribution in [-0.4, -0.2) is 25.5 Å². The van der Waals surface area contributed by atoms with Crippen molar-refractivity contribution in [2.24, 2.45) is 21.4 Å². The molecule has 2 atom stereocenters. The highest BCUT2D eigenvalue weighted by Gasteiger charge is 2.39. The fourth-order valence-electron chi connectivity index (χ4n) is 3.80. The number of methoxy groups -OCH3 is 1. The number of benzene rings is 1. The number of nitroso groups, excluding NO2 is 1. The van der Waals surface area contributed by atoms with E-state index >= 15 is 0 Å². The Kier molecular flexibility index (Phi) is 6.93. The van der Waals surface area contributed by atoms with E-state index in [1.54, 1.807) is 0 Å². The quantitative estimate of drug-likeness (QED) is 0.227. The van der Waals surface area contributed by atoms with Crippen molar-refractivity contribution in [3.63, 3.8) is 0 Å². The van der Waals surface area contributed by atoms with Gasteiger partial charge in [-0.15, -0.1) is 0 Å². The largest absolute Gasteiger partial charge is 0.469 e. The van der Waals surface area contributed by atoms with Crippen molar-refractivity contribution in [1.82, 2.24) is 5.43 Å². The molecule has 1 aromatic carbocycles. The van der Waals surface area contributed by atoms with Gasteiger partial charge in [-0.3, -0.25) is 4.79 Å². The predicted octanol–water partition coefficient (Wildman–Crippen LogP) is 3.39. The van der Waals surface area contributed by atoms with Crippen LogP contribution in [0.25, 0.3) is 0 Å². The van der Waals surface area contributed by atoms with E-state index in [2.05, 4.69) is 15.7 Å². The molecule has 0 saturated carbocycles. The molecule has 148 valence electrons. The van der Waals surface area contributed by atoms with Gasteiger partial charge >= 0.3 is 5.97 Å². The van der Waals surface area contributed by atoms with Crippen LogP contribution in [0.5, 0.6) is 0 Å². The van der Waals surface area contributed by atoms with E-state index in [0.717, 1.165) is 29.5 Å². The average molecular weight is 374 g/mol. The summed E-state index contributed by atoms with van der Waals surface area (Å²) in [4.78, 5) is 23.6. The third-order valence-corrected chi connectivity index (χ3v) is 5.40. The van der Waals surface area contributed by atoms with Gasteiger partial charge in [0.15, 0.2) is 0 Å². The molecule has 1 aromatic rings. The number of esters is 1. The van der Waals surface area contributed by atoms with Gasteiger partial charge in [-0.25, -0.2) is 0 Å². The lowest BCUT2D eigenvalue weighted by molar-refractivity contribution is -0.152. The molecule has 2 unspecified atom stereocenters. The highest BCUT2D eigenvalue weighted by atomic mass is 16.5. The minimum absolute atomic E-state index is 0.126. The second kappa shape index (κ2) is 8.97. The lowest BCUT2D eigenvalue weighted by Gasteiger charge is -2.32. The first kappa shape index (κ1) is 20.9. The van der Waals surface area contributed by atoms with Crippen molar-refractivity contribution in [3.05, 3.63) is 39.8 Å². The minimum Gasteiger partial charge on any atom is -0.469 e. The number of nitrogens with two attached hydrogens (primary N) is 1. The van der Waals surface area contributed by atoms with Crippen molar-refractivity contribution >= 4 is 11.8 Å². The fraction of sp³-hybridized carbons (Fsp3) is 0.600. The molecule has 0 heterocycles. The van der Waals surface area contributed by atoms with E-state index < -0.39 is 5.41 Å². The Hall–Kier alpha value is -2.44. The molecule has 0 aromatic heterocycles. The lowest BCUT2D eigenvalue weighted by atomic mass is 9.72. The van der Waals surface area contributed by atoms with Crippen LogP contribution in [0.3, 0.4) is 0 Å². The Balaban J connectivity index is 2.35. The third-order valence-electron chi connectivity index (χ3n) is 5.40. The number of nitrogens with zero attached hydrogens (tertiary/aromatic N) is 2. The SMILES string of the molecule is CCN/N=C(\N)CCC(c1ccc2c(c1)C(N=O)CC2)C(C)(C)C(=O)OC. The molecule has 2 rings (SSSR count). The number of hydrogen-bond donors (Lipinski definition) is 2. The number of carbonyl (C=O) groups is 1. The van der Waals surface area contributed by atoms with E-state index in [1.165, 1.54) is 7.11 Å². The number of rotatable bonds is 9. The van der Waals surface area contributed by atoms with Gasteiger partial charge in [0, 0.05) is 13.0 Å². The van der Waals surface area contributed by atoms with Crippen molar-refractivity contribution < 1.29 is 9.53 Å². The number of amidine groups is 1. The predicted molar refractivity (Wildman–Crippen MR) is 106 cm³/mol. The summed E-state index contributed by atoms with van der Waals surface area (Å²) in [6.45, 7) is 6.40. The van der Waals surface area contributed by atoms with Gasteiger partial charge < -0.3 is 15.9 Å².